The molecule has 0 aromatic carbocycles. The predicted molar refractivity (Wildman–Crippen MR) is 514 cm³/mol. The molecule has 29 heteroatoms. The van der Waals surface area contributed by atoms with Crippen LogP contribution in [0.3, 0.4) is 0 Å². The molecule has 0 unspecified atom stereocenters. The molecule has 14 aromatic heterocycles. The summed E-state index contributed by atoms with van der Waals surface area (Å²) in [6, 6.07) is 56.3. The zero-order valence-electron chi connectivity index (χ0n) is 59.7. The van der Waals surface area contributed by atoms with Gasteiger partial charge in [-0.15, -0.1) is 299 Å². The van der Waals surface area contributed by atoms with Gasteiger partial charge in [0.1, 0.15) is 0 Å². The summed E-state index contributed by atoms with van der Waals surface area (Å²) in [7, 11) is 0. The van der Waals surface area contributed by atoms with Crippen molar-refractivity contribution in [3.63, 3.8) is 0 Å². The van der Waals surface area contributed by atoms with Crippen molar-refractivity contribution in [2.24, 2.45) is 9.98 Å². The SMILES string of the molecule is CSc1ccc(C2=C(c3ccc(SC)s3)C3=C(c4ccc(SC)s4)c4[n-]c(c(-c5ccc(SC)s5)c4-c4ccc(SC)s4)C(c4ccc(SC)s4)=C4N=C(C(c5ccc(SC)s5)=C4c4ccc(SC)s4)C(c4ccc(SC)s4)=c4[n-]c(c(-c5ccc(SC)s5)c4-c4ccc(SC)s4)=C(c4ccc(SC)s4)C2=N3)s1.[Cu+2]. The van der Waals surface area contributed by atoms with E-state index in [1.54, 1.807) is 141 Å². The zero-order chi connectivity index (χ0) is 74.2. The van der Waals surface area contributed by atoms with Crippen LogP contribution in [0, 0.1) is 0 Å². The molecule has 0 saturated heterocycles. The van der Waals surface area contributed by atoms with Crippen LogP contribution < -0.4 is 20.7 Å². The molecule has 109 heavy (non-hydrogen) atoms. The molecule has 8 bridgehead atoms. The van der Waals surface area contributed by atoms with Crippen LogP contribution in [-0.4, -0.2) is 86.5 Å². The summed E-state index contributed by atoms with van der Waals surface area (Å²) in [5.41, 5.74) is 18.0. The maximum Gasteiger partial charge on any atom is 2.00 e. The molecule has 16 heterocycles. The predicted octanol–water partition coefficient (Wildman–Crippen LogP) is 29.4. The molecule has 1 radical (unpaired) electrons. The van der Waals surface area contributed by atoms with Gasteiger partial charge < -0.3 is 9.97 Å². The van der Waals surface area contributed by atoms with E-state index in [1.165, 1.54) is 50.5 Å². The number of rotatable bonds is 24. The Kier molecular flexibility index (Phi) is 25.9. The normalized spacial score (nSPS) is 14.0. The number of aliphatic imine (C=N–C) groups is 2. The maximum atomic E-state index is 6.70. The summed E-state index contributed by atoms with van der Waals surface area (Å²) in [5, 5.41) is 1.78. The first kappa shape index (κ1) is 80.5. The molecule has 0 spiro atoms. The maximum absolute atomic E-state index is 6.70. The van der Waals surface area contributed by atoms with Crippen LogP contribution in [0.25, 0.3) is 86.3 Å². The van der Waals surface area contributed by atoms with Crippen molar-refractivity contribution < 1.29 is 17.1 Å². The molecule has 14 aromatic rings. The minimum absolute atomic E-state index is 0. The van der Waals surface area contributed by atoms with Gasteiger partial charge in [-0.2, -0.15) is 0 Å². The van der Waals surface area contributed by atoms with Gasteiger partial charge in [-0.05, 0) is 243 Å². The van der Waals surface area contributed by atoms with Crippen molar-refractivity contribution in [1.82, 2.24) is 9.97 Å². The summed E-state index contributed by atoms with van der Waals surface area (Å²) in [5.74, 6) is 0. The van der Waals surface area contributed by atoms with Crippen LogP contribution in [-0.2, 0) is 17.1 Å². The van der Waals surface area contributed by atoms with Crippen molar-refractivity contribution >= 4 is 333 Å². The minimum Gasteiger partial charge on any atom is -0.656 e. The number of thioether (sulfide) groups is 12. The number of nitrogens with zero attached hydrogens (tertiary/aromatic N) is 4. The fraction of sp³-hybridized carbons (Fsp3) is 0.150. The average molecular weight is 1910 g/mol. The number of allylic oxidation sites excluding steroid dienone is 4. The molecule has 2 aliphatic heterocycles. The van der Waals surface area contributed by atoms with Crippen molar-refractivity contribution in [3.8, 4) is 41.8 Å². The Morgan fingerprint density at radius 2 is 0.385 bits per heavy atom. The van der Waals surface area contributed by atoms with E-state index >= 15 is 0 Å². The quantitative estimate of drug-likeness (QED) is 0.0426. The number of hydrogen-bond donors (Lipinski definition) is 0. The van der Waals surface area contributed by atoms with Crippen LogP contribution in [0.15, 0.2) is 217 Å². The van der Waals surface area contributed by atoms with E-state index in [4.69, 9.17) is 20.0 Å². The Hall–Kier alpha value is -2.28. The first-order valence-corrected chi connectivity index (χ1v) is 57.5. The Bertz CT molecular complexity index is 5790. The zero-order valence-corrected chi connectivity index (χ0v) is 80.3. The summed E-state index contributed by atoms with van der Waals surface area (Å²) >= 11 is 43.7. The second kappa shape index (κ2) is 35.1. The molecule has 1 aliphatic carbocycles. The summed E-state index contributed by atoms with van der Waals surface area (Å²) in [6.07, 6.45) is 26.5. The molecule has 0 saturated carbocycles. The second-order valence-corrected chi connectivity index (χ2v) is 49.9. The fourth-order valence-electron chi connectivity index (χ4n) is 13.4. The van der Waals surface area contributed by atoms with E-state index in [1.807, 2.05) is 136 Å². The molecule has 0 N–H and O–H groups in total. The number of thiophene rings is 12. The molecule has 0 amide bonds. The third-order valence-electron chi connectivity index (χ3n) is 18.0. The van der Waals surface area contributed by atoms with E-state index in [2.05, 4.69) is 221 Å². The second-order valence-electron chi connectivity index (χ2n) is 23.6. The molecular weight excluding hydrogens is 1850 g/mol. The van der Waals surface area contributed by atoms with E-state index < -0.39 is 0 Å². The summed E-state index contributed by atoms with van der Waals surface area (Å²) in [6.45, 7) is 0. The van der Waals surface area contributed by atoms with Crippen LogP contribution in [0.4, 0.5) is 0 Å². The third-order valence-corrected chi connectivity index (χ3v) is 44.3. The molecule has 555 valence electrons. The monoisotopic (exact) mass is 1910 g/mol. The Labute approximate surface area is 745 Å². The summed E-state index contributed by atoms with van der Waals surface area (Å²) < 4.78 is 14.7. The first-order valence-electron chi connectivity index (χ1n) is 33.0. The van der Waals surface area contributed by atoms with Crippen LogP contribution in [0.5, 0.6) is 0 Å². The first-order chi connectivity index (χ1) is 52.9. The van der Waals surface area contributed by atoms with Crippen molar-refractivity contribution in [2.45, 2.75) is 50.5 Å². The van der Waals surface area contributed by atoms with Crippen molar-refractivity contribution in [1.29, 1.82) is 0 Å². The van der Waals surface area contributed by atoms with Crippen LogP contribution in [0.1, 0.15) is 50.4 Å². The van der Waals surface area contributed by atoms with Crippen LogP contribution in [0.2, 0.25) is 0 Å². The van der Waals surface area contributed by atoms with Gasteiger partial charge in [0.2, 0.25) is 0 Å². The van der Waals surface area contributed by atoms with Crippen molar-refractivity contribution in [2.75, 3.05) is 75.1 Å². The van der Waals surface area contributed by atoms with Gasteiger partial charge in [0, 0.05) is 103 Å². The molecular formula is C80H60CuN4S24. The van der Waals surface area contributed by atoms with E-state index in [0.29, 0.717) is 0 Å². The van der Waals surface area contributed by atoms with E-state index in [0.717, 1.165) is 170 Å². The fourth-order valence-corrected chi connectivity index (χ4v) is 32.5. The van der Waals surface area contributed by atoms with Gasteiger partial charge in [0.05, 0.1) is 73.3 Å². The topological polar surface area (TPSA) is 52.9 Å². The van der Waals surface area contributed by atoms with Crippen molar-refractivity contribution in [3.05, 3.63) is 218 Å². The number of hydrogen-bond acceptors (Lipinski definition) is 26. The van der Waals surface area contributed by atoms with Gasteiger partial charge in [-0.25, -0.2) is 9.98 Å². The van der Waals surface area contributed by atoms with Gasteiger partial charge >= 0.3 is 17.1 Å². The number of aromatic nitrogens is 2. The number of fused-ring (bicyclic) bond motifs is 10. The summed E-state index contributed by atoms with van der Waals surface area (Å²) in [4.78, 5) is 40.4. The Morgan fingerprint density at radius 3 is 0.606 bits per heavy atom. The molecule has 3 aliphatic rings. The van der Waals surface area contributed by atoms with Gasteiger partial charge in [-0.1, -0.05) is 0 Å². The third kappa shape index (κ3) is 15.2. The Morgan fingerprint density at radius 1 is 0.202 bits per heavy atom. The average Bonchev–Trinajstić information content (AvgIpc) is 1.54. The molecule has 0 fully saturated rings. The van der Waals surface area contributed by atoms with Gasteiger partial charge in [0.15, 0.2) is 0 Å². The van der Waals surface area contributed by atoms with Gasteiger partial charge in [0.25, 0.3) is 0 Å². The molecule has 4 nitrogen and oxygen atoms in total. The smallest absolute Gasteiger partial charge is 0.656 e. The van der Waals surface area contributed by atoms with E-state index in [9.17, 15) is 0 Å². The van der Waals surface area contributed by atoms with Gasteiger partial charge in [-0.3, -0.25) is 0 Å². The largest absolute Gasteiger partial charge is 2.00 e. The standard InChI is InChI=1S/C80H60N4S24.Cu/c1-85-49-25-13-37(97-49)61-62(38-14-26-50(86-2)98-38)74-70(46-22-34-58(94-10)106-46)76-65(41-17-29-53(89-5)101-41)66(42-18-30-54(90-6)102-42)78(83-76)72(48-24-36-60(96-12)108-48)80-68(44-20-32-56(92-8)104-44)67(43-19-31-55(91-7)103-43)79(84-80)71(47-23-35-59(95-11)107-47)77-64(40-16-28-52(88-4)100-40)63(39-15-27-51(87-3)99-39)75(82-77)69(73(61)81-74)45-21-33-57(93-9)105-45;/h13-36H,1-12H3;/q-2;+2. The minimum atomic E-state index is 0. The van der Waals surface area contributed by atoms with E-state index in [-0.39, 0.29) is 17.1 Å². The van der Waals surface area contributed by atoms with Crippen LogP contribution >= 0.6 is 277 Å². The Balaban J connectivity index is 0.00000904. The molecule has 0 atom stereocenters. The molecule has 17 rings (SSSR count).